The third-order valence-corrected chi connectivity index (χ3v) is 4.72. The maximum atomic E-state index is 12.0. The van der Waals surface area contributed by atoms with Crippen molar-refractivity contribution in [1.82, 2.24) is 4.57 Å². The average molecular weight is 332 g/mol. The molecule has 0 fully saturated rings. The molecule has 1 aliphatic rings. The lowest BCUT2D eigenvalue weighted by molar-refractivity contribution is 0.0971. The van der Waals surface area contributed by atoms with Crippen molar-refractivity contribution in [2.24, 2.45) is 0 Å². The summed E-state index contributed by atoms with van der Waals surface area (Å²) < 4.78 is 3.42. The molecular weight excluding hydrogens is 314 g/mol. The smallest absolute Gasteiger partial charge is 0.164 e. The zero-order valence-corrected chi connectivity index (χ0v) is 13.4. The fourth-order valence-corrected chi connectivity index (χ4v) is 3.45. The first kappa shape index (κ1) is 13.6. The molecule has 20 heavy (non-hydrogen) atoms. The quantitative estimate of drug-likeness (QED) is 0.782. The first-order valence-electron chi connectivity index (χ1n) is 7.07. The van der Waals surface area contributed by atoms with Gasteiger partial charge in [-0.15, -0.1) is 0 Å². The summed E-state index contributed by atoms with van der Waals surface area (Å²) in [4.78, 5) is 12.0. The Balaban J connectivity index is 2.06. The second kappa shape index (κ2) is 5.21. The Labute approximate surface area is 127 Å². The average Bonchev–Trinajstić information content (AvgIpc) is 2.77. The second-order valence-corrected chi connectivity index (χ2v) is 6.44. The fraction of sp³-hybridized carbons (Fsp3) is 0.353. The largest absolute Gasteiger partial charge is 0.341 e. The van der Waals surface area contributed by atoms with Gasteiger partial charge >= 0.3 is 0 Å². The summed E-state index contributed by atoms with van der Waals surface area (Å²) in [6.45, 7) is 4.30. The number of carbonyl (C=O) groups is 1. The SMILES string of the molecule is Cc1cc2c(n1C(C)c1ccc(Br)cc1)CCCC2=O. The van der Waals surface area contributed by atoms with Crippen LogP contribution in [0.1, 0.15) is 53.1 Å². The molecule has 2 nitrogen and oxygen atoms in total. The molecule has 0 spiro atoms. The van der Waals surface area contributed by atoms with E-state index in [4.69, 9.17) is 0 Å². The molecule has 1 atom stereocenters. The molecule has 0 radical (unpaired) electrons. The number of benzene rings is 1. The molecule has 3 rings (SSSR count). The van der Waals surface area contributed by atoms with Gasteiger partial charge in [0, 0.05) is 27.8 Å². The Morgan fingerprint density at radius 2 is 1.90 bits per heavy atom. The first-order chi connectivity index (χ1) is 9.58. The van der Waals surface area contributed by atoms with Gasteiger partial charge in [0.1, 0.15) is 0 Å². The Morgan fingerprint density at radius 1 is 1.20 bits per heavy atom. The molecule has 104 valence electrons. The zero-order chi connectivity index (χ0) is 14.3. The third kappa shape index (κ3) is 2.24. The molecule has 2 aromatic rings. The lowest BCUT2D eigenvalue weighted by Gasteiger charge is -2.22. The van der Waals surface area contributed by atoms with E-state index in [2.05, 4.69) is 64.7 Å². The summed E-state index contributed by atoms with van der Waals surface area (Å²) >= 11 is 3.47. The van der Waals surface area contributed by atoms with Crippen molar-refractivity contribution in [2.75, 3.05) is 0 Å². The normalized spacial score (nSPS) is 16.1. The molecule has 0 saturated carbocycles. The van der Waals surface area contributed by atoms with Crippen LogP contribution in [-0.2, 0) is 6.42 Å². The van der Waals surface area contributed by atoms with Gasteiger partial charge in [0.25, 0.3) is 0 Å². The summed E-state index contributed by atoms with van der Waals surface area (Å²) in [7, 11) is 0. The number of carbonyl (C=O) groups excluding carboxylic acids is 1. The maximum Gasteiger partial charge on any atom is 0.164 e. The van der Waals surface area contributed by atoms with Gasteiger partial charge in [-0.1, -0.05) is 28.1 Å². The van der Waals surface area contributed by atoms with E-state index in [1.807, 2.05) is 0 Å². The molecule has 0 bridgehead atoms. The van der Waals surface area contributed by atoms with Crippen molar-refractivity contribution in [3.63, 3.8) is 0 Å². The van der Waals surface area contributed by atoms with Gasteiger partial charge in [0.2, 0.25) is 0 Å². The van der Waals surface area contributed by atoms with Crippen molar-refractivity contribution < 1.29 is 4.79 Å². The van der Waals surface area contributed by atoms with Crippen molar-refractivity contribution >= 4 is 21.7 Å². The molecular formula is C17H18BrNO. The van der Waals surface area contributed by atoms with E-state index in [0.717, 1.165) is 22.9 Å². The Bertz CT molecular complexity index is 654. The topological polar surface area (TPSA) is 22.0 Å². The molecule has 1 heterocycles. The standard InChI is InChI=1S/C17H18BrNO/c1-11-10-15-16(4-3-5-17(15)20)19(11)12(2)13-6-8-14(18)9-7-13/h6-10,12H,3-5H2,1-2H3. The highest BCUT2D eigenvalue weighted by Gasteiger charge is 2.24. The number of hydrogen-bond acceptors (Lipinski definition) is 1. The number of hydrogen-bond donors (Lipinski definition) is 0. The Hall–Kier alpha value is -1.35. The summed E-state index contributed by atoms with van der Waals surface area (Å²) in [5, 5.41) is 0. The van der Waals surface area contributed by atoms with Crippen LogP contribution in [-0.4, -0.2) is 10.4 Å². The van der Waals surface area contributed by atoms with E-state index in [9.17, 15) is 4.79 Å². The molecule has 0 N–H and O–H groups in total. The lowest BCUT2D eigenvalue weighted by Crippen LogP contribution is -2.16. The van der Waals surface area contributed by atoms with E-state index in [1.54, 1.807) is 0 Å². The maximum absolute atomic E-state index is 12.0. The minimum atomic E-state index is 0.262. The molecule has 1 unspecified atom stereocenters. The number of aryl methyl sites for hydroxylation is 1. The van der Waals surface area contributed by atoms with Gasteiger partial charge in [-0.05, 0) is 50.5 Å². The van der Waals surface area contributed by atoms with Crippen LogP contribution in [0.4, 0.5) is 0 Å². The van der Waals surface area contributed by atoms with Crippen LogP contribution in [0.3, 0.4) is 0 Å². The summed E-state index contributed by atoms with van der Waals surface area (Å²) in [5.41, 5.74) is 4.61. The summed E-state index contributed by atoms with van der Waals surface area (Å²) in [6.07, 6.45) is 2.68. The van der Waals surface area contributed by atoms with Crippen LogP contribution in [0.15, 0.2) is 34.8 Å². The Kier molecular flexibility index (Phi) is 3.55. The predicted molar refractivity (Wildman–Crippen MR) is 84.4 cm³/mol. The zero-order valence-electron chi connectivity index (χ0n) is 11.8. The van der Waals surface area contributed by atoms with Crippen molar-refractivity contribution in [3.05, 3.63) is 57.3 Å². The van der Waals surface area contributed by atoms with Gasteiger partial charge in [-0.25, -0.2) is 0 Å². The molecule has 0 saturated heterocycles. The number of fused-ring (bicyclic) bond motifs is 1. The minimum absolute atomic E-state index is 0.262. The van der Waals surface area contributed by atoms with Gasteiger partial charge in [-0.2, -0.15) is 0 Å². The predicted octanol–water partition coefficient (Wildman–Crippen LogP) is 4.69. The van der Waals surface area contributed by atoms with Gasteiger partial charge in [-0.3, -0.25) is 4.79 Å². The number of rotatable bonds is 2. The van der Waals surface area contributed by atoms with Crippen LogP contribution in [0.25, 0.3) is 0 Å². The van der Waals surface area contributed by atoms with Crippen LogP contribution in [0, 0.1) is 6.92 Å². The molecule has 1 aromatic heterocycles. The fourth-order valence-electron chi connectivity index (χ4n) is 3.18. The molecule has 1 aliphatic carbocycles. The molecule has 0 aliphatic heterocycles. The second-order valence-electron chi connectivity index (χ2n) is 5.52. The lowest BCUT2D eigenvalue weighted by atomic mass is 9.96. The highest BCUT2D eigenvalue weighted by Crippen LogP contribution is 2.31. The van der Waals surface area contributed by atoms with Crippen molar-refractivity contribution in [2.45, 2.75) is 39.2 Å². The van der Waals surface area contributed by atoms with E-state index >= 15 is 0 Å². The van der Waals surface area contributed by atoms with Gasteiger partial charge in [0.15, 0.2) is 5.78 Å². The van der Waals surface area contributed by atoms with Crippen LogP contribution in [0.2, 0.25) is 0 Å². The van der Waals surface area contributed by atoms with Crippen LogP contribution in [0.5, 0.6) is 0 Å². The minimum Gasteiger partial charge on any atom is -0.341 e. The summed E-state index contributed by atoms with van der Waals surface area (Å²) in [5.74, 6) is 0.302. The van der Waals surface area contributed by atoms with E-state index in [1.165, 1.54) is 17.0 Å². The monoisotopic (exact) mass is 331 g/mol. The molecule has 3 heteroatoms. The molecule has 1 aromatic carbocycles. The number of nitrogens with zero attached hydrogens (tertiary/aromatic N) is 1. The number of halogens is 1. The first-order valence-corrected chi connectivity index (χ1v) is 7.86. The van der Waals surface area contributed by atoms with Crippen molar-refractivity contribution in [3.8, 4) is 0 Å². The van der Waals surface area contributed by atoms with Gasteiger partial charge < -0.3 is 4.57 Å². The number of Topliss-reactive ketones (excluding diaryl/α,β-unsaturated/α-hetero) is 1. The summed E-state index contributed by atoms with van der Waals surface area (Å²) in [6, 6.07) is 10.8. The Morgan fingerprint density at radius 3 is 2.60 bits per heavy atom. The van der Waals surface area contributed by atoms with Crippen LogP contribution >= 0.6 is 15.9 Å². The third-order valence-electron chi connectivity index (χ3n) is 4.19. The van der Waals surface area contributed by atoms with E-state index < -0.39 is 0 Å². The van der Waals surface area contributed by atoms with Gasteiger partial charge in [0.05, 0.1) is 6.04 Å². The number of ketones is 1. The van der Waals surface area contributed by atoms with E-state index in [-0.39, 0.29) is 6.04 Å². The molecule has 0 amide bonds. The van der Waals surface area contributed by atoms with E-state index in [0.29, 0.717) is 12.2 Å². The highest BCUT2D eigenvalue weighted by molar-refractivity contribution is 9.10. The highest BCUT2D eigenvalue weighted by atomic mass is 79.9. The van der Waals surface area contributed by atoms with Crippen LogP contribution < -0.4 is 0 Å². The number of aromatic nitrogens is 1. The van der Waals surface area contributed by atoms with Crippen molar-refractivity contribution in [1.29, 1.82) is 0 Å².